The van der Waals surface area contributed by atoms with E-state index in [1.165, 1.54) is 5.56 Å². The highest BCUT2D eigenvalue weighted by atomic mass is 16.5. The van der Waals surface area contributed by atoms with E-state index >= 15 is 0 Å². The molecule has 0 bridgehead atoms. The number of aryl methyl sites for hydroxylation is 2. The summed E-state index contributed by atoms with van der Waals surface area (Å²) in [5, 5.41) is 4.47. The Kier molecular flexibility index (Phi) is 5.39. The van der Waals surface area contributed by atoms with Crippen molar-refractivity contribution >= 4 is 28.6 Å². The minimum atomic E-state index is -0.428. The van der Waals surface area contributed by atoms with Crippen molar-refractivity contribution in [3.05, 3.63) is 52.8 Å². The second-order valence-electron chi connectivity index (χ2n) is 7.85. The predicted molar refractivity (Wildman–Crippen MR) is 113 cm³/mol. The monoisotopic (exact) mass is 407 g/mol. The van der Waals surface area contributed by atoms with Crippen molar-refractivity contribution in [3.63, 3.8) is 0 Å². The topological polar surface area (TPSA) is 100 Å². The number of anilines is 1. The molecule has 156 valence electrons. The van der Waals surface area contributed by atoms with E-state index in [2.05, 4.69) is 27.1 Å². The van der Waals surface area contributed by atoms with Crippen LogP contribution < -0.4 is 15.8 Å². The third-order valence-corrected chi connectivity index (χ3v) is 5.33. The van der Waals surface area contributed by atoms with Gasteiger partial charge in [-0.05, 0) is 43.4 Å². The van der Waals surface area contributed by atoms with Gasteiger partial charge < -0.3 is 9.42 Å². The number of benzene rings is 1. The first kappa shape index (κ1) is 19.9. The molecule has 4 rings (SSSR count). The van der Waals surface area contributed by atoms with Crippen LogP contribution in [-0.2, 0) is 11.2 Å². The molecule has 1 aliphatic heterocycles. The second-order valence-corrected chi connectivity index (χ2v) is 7.85. The quantitative estimate of drug-likeness (QED) is 0.645. The molecule has 1 aromatic carbocycles. The van der Waals surface area contributed by atoms with E-state index in [-0.39, 0.29) is 18.4 Å². The fourth-order valence-corrected chi connectivity index (χ4v) is 3.77. The Bertz CT molecular complexity index is 1110. The zero-order chi connectivity index (χ0) is 21.3. The smallest absolute Gasteiger partial charge is 0.270 e. The highest BCUT2D eigenvalue weighted by molar-refractivity contribution is 6.06. The zero-order valence-corrected chi connectivity index (χ0v) is 17.4. The third kappa shape index (κ3) is 3.85. The summed E-state index contributed by atoms with van der Waals surface area (Å²) >= 11 is 0. The van der Waals surface area contributed by atoms with Crippen LogP contribution in [0.25, 0.3) is 11.1 Å². The molecule has 30 heavy (non-hydrogen) atoms. The van der Waals surface area contributed by atoms with E-state index in [1.54, 1.807) is 13.0 Å². The summed E-state index contributed by atoms with van der Waals surface area (Å²) in [5.41, 5.74) is 9.37. The van der Waals surface area contributed by atoms with Gasteiger partial charge in [0.2, 0.25) is 0 Å². The van der Waals surface area contributed by atoms with Gasteiger partial charge in [-0.2, -0.15) is 0 Å². The molecule has 0 saturated carbocycles. The molecule has 0 fully saturated rings. The van der Waals surface area contributed by atoms with Gasteiger partial charge in [0.05, 0.1) is 23.2 Å². The average molecular weight is 407 g/mol. The number of pyridine rings is 1. The number of nitrogens with zero attached hydrogens (tertiary/aromatic N) is 3. The highest BCUT2D eigenvalue weighted by Crippen LogP contribution is 2.26. The van der Waals surface area contributed by atoms with Crippen LogP contribution in [0.4, 0.5) is 5.69 Å². The number of hydrogen-bond donors (Lipinski definition) is 2. The molecule has 0 unspecified atom stereocenters. The maximum absolute atomic E-state index is 12.8. The van der Waals surface area contributed by atoms with Crippen molar-refractivity contribution in [2.45, 2.75) is 39.5 Å². The molecule has 8 heteroatoms. The predicted octanol–water partition coefficient (Wildman–Crippen LogP) is 2.87. The largest absolute Gasteiger partial charge is 0.362 e. The Morgan fingerprint density at radius 1 is 1.23 bits per heavy atom. The van der Waals surface area contributed by atoms with Crippen LogP contribution in [0.2, 0.25) is 0 Å². The van der Waals surface area contributed by atoms with Gasteiger partial charge in [-0.3, -0.25) is 20.4 Å². The Balaban J connectivity index is 1.47. The first-order valence-electron chi connectivity index (χ1n) is 10.1. The normalized spacial score (nSPS) is 13.4. The summed E-state index contributed by atoms with van der Waals surface area (Å²) in [6.45, 7) is 6.70. The first-order chi connectivity index (χ1) is 14.4. The van der Waals surface area contributed by atoms with E-state index in [1.807, 2.05) is 36.9 Å². The van der Waals surface area contributed by atoms with Crippen LogP contribution in [0.15, 0.2) is 34.9 Å². The van der Waals surface area contributed by atoms with E-state index in [0.29, 0.717) is 22.4 Å². The lowest BCUT2D eigenvalue weighted by molar-refractivity contribution is -0.120. The van der Waals surface area contributed by atoms with Crippen LogP contribution in [0.5, 0.6) is 0 Å². The Hall–Kier alpha value is -3.42. The summed E-state index contributed by atoms with van der Waals surface area (Å²) in [6, 6.07) is 9.81. The number of rotatable bonds is 4. The van der Waals surface area contributed by atoms with Gasteiger partial charge in [-0.15, -0.1) is 0 Å². The van der Waals surface area contributed by atoms with Crippen LogP contribution in [0.3, 0.4) is 0 Å². The number of hydrogen-bond acceptors (Lipinski definition) is 6. The van der Waals surface area contributed by atoms with Gasteiger partial charge >= 0.3 is 0 Å². The maximum atomic E-state index is 12.8. The third-order valence-electron chi connectivity index (χ3n) is 5.33. The van der Waals surface area contributed by atoms with Crippen LogP contribution >= 0.6 is 0 Å². The van der Waals surface area contributed by atoms with E-state index in [4.69, 9.17) is 4.52 Å². The van der Waals surface area contributed by atoms with Crippen molar-refractivity contribution in [2.24, 2.45) is 0 Å². The van der Waals surface area contributed by atoms with Gasteiger partial charge in [0.25, 0.3) is 17.5 Å². The summed E-state index contributed by atoms with van der Waals surface area (Å²) in [6.07, 6.45) is 2.01. The molecule has 2 amide bonds. The maximum Gasteiger partial charge on any atom is 0.270 e. The molecule has 3 aromatic rings. The summed E-state index contributed by atoms with van der Waals surface area (Å²) in [4.78, 5) is 31.8. The molecule has 3 heterocycles. The number of nitrogens with one attached hydrogen (secondary N) is 2. The average Bonchev–Trinajstić information content (AvgIpc) is 3.12. The van der Waals surface area contributed by atoms with Crippen molar-refractivity contribution in [1.29, 1.82) is 0 Å². The fraction of sp³-hybridized carbons (Fsp3) is 0.364. The van der Waals surface area contributed by atoms with Crippen molar-refractivity contribution in [1.82, 2.24) is 21.0 Å². The molecule has 0 radical (unpaired) electrons. The Morgan fingerprint density at radius 2 is 2.03 bits per heavy atom. The van der Waals surface area contributed by atoms with Crippen LogP contribution in [0.1, 0.15) is 53.5 Å². The number of aromatic nitrogens is 2. The highest BCUT2D eigenvalue weighted by Gasteiger charge is 2.22. The van der Waals surface area contributed by atoms with Gasteiger partial charge in [0, 0.05) is 17.9 Å². The zero-order valence-electron chi connectivity index (χ0n) is 17.4. The number of carbonyl (C=O) groups is 2. The van der Waals surface area contributed by atoms with Crippen LogP contribution in [0, 0.1) is 6.92 Å². The van der Waals surface area contributed by atoms with Crippen LogP contribution in [-0.4, -0.2) is 35.0 Å². The molecule has 2 aromatic heterocycles. The van der Waals surface area contributed by atoms with E-state index < -0.39 is 5.91 Å². The lowest BCUT2D eigenvalue weighted by Gasteiger charge is -2.30. The van der Waals surface area contributed by atoms with E-state index in [9.17, 15) is 9.59 Å². The Labute approximate surface area is 174 Å². The summed E-state index contributed by atoms with van der Waals surface area (Å²) in [5.74, 6) is -0.598. The summed E-state index contributed by atoms with van der Waals surface area (Å²) in [7, 11) is 0. The fourth-order valence-electron chi connectivity index (χ4n) is 3.77. The minimum absolute atomic E-state index is 0.111. The number of fused-ring (bicyclic) bond motifs is 2. The molecular formula is C22H25N5O3. The lowest BCUT2D eigenvalue weighted by Crippen LogP contribution is -2.47. The van der Waals surface area contributed by atoms with Gasteiger partial charge in [0.1, 0.15) is 0 Å². The van der Waals surface area contributed by atoms with Gasteiger partial charge in [-0.1, -0.05) is 37.2 Å². The van der Waals surface area contributed by atoms with Crippen molar-refractivity contribution < 1.29 is 14.1 Å². The van der Waals surface area contributed by atoms with Crippen molar-refractivity contribution in [2.75, 3.05) is 18.0 Å². The molecule has 1 aliphatic rings. The molecule has 8 nitrogen and oxygen atoms in total. The first-order valence-corrected chi connectivity index (χ1v) is 10.1. The van der Waals surface area contributed by atoms with Gasteiger partial charge in [-0.25, -0.2) is 4.98 Å². The number of carbonyl (C=O) groups excluding carboxylic acids is 2. The molecule has 0 aliphatic carbocycles. The molecule has 0 spiro atoms. The number of amides is 2. The molecular weight excluding hydrogens is 382 g/mol. The second kappa shape index (κ2) is 8.14. The van der Waals surface area contributed by atoms with E-state index in [0.717, 1.165) is 30.8 Å². The van der Waals surface area contributed by atoms with Crippen molar-refractivity contribution in [3.8, 4) is 0 Å². The molecule has 2 N–H and O–H groups in total. The number of para-hydroxylation sites is 1. The van der Waals surface area contributed by atoms with Gasteiger partial charge in [0.15, 0.2) is 0 Å². The summed E-state index contributed by atoms with van der Waals surface area (Å²) < 4.78 is 5.25. The number of hydrazine groups is 1. The minimum Gasteiger partial charge on any atom is -0.362 e. The Morgan fingerprint density at radius 3 is 2.83 bits per heavy atom. The molecule has 0 saturated heterocycles. The lowest BCUT2D eigenvalue weighted by atomic mass is 10.0. The molecule has 0 atom stereocenters. The standard InChI is InChI=1S/C22H25N5O3/c1-13(2)17-11-16(20-14(3)26-30-22(20)23-17)21(29)25-24-19(28)12-27-10-6-8-15-7-4-5-9-18(15)27/h4-5,7,9,11,13H,6,8,10,12H2,1-3H3,(H,24,28)(H,25,29). The SMILES string of the molecule is Cc1noc2nc(C(C)C)cc(C(=O)NNC(=O)CN3CCCc4ccccc43)c12.